The second kappa shape index (κ2) is 5.04. The van der Waals surface area contributed by atoms with Crippen molar-refractivity contribution < 1.29 is 9.31 Å². The first-order valence-corrected chi connectivity index (χ1v) is 7.62. The van der Waals surface area contributed by atoms with Crippen molar-refractivity contribution in [3.8, 4) is 5.82 Å². The maximum absolute atomic E-state index is 6.15. The zero-order valence-corrected chi connectivity index (χ0v) is 14.4. The Labute approximate surface area is 136 Å². The predicted molar refractivity (Wildman–Crippen MR) is 88.8 cm³/mol. The average Bonchev–Trinajstić information content (AvgIpc) is 2.83. The molecule has 122 valence electrons. The van der Waals surface area contributed by atoms with Gasteiger partial charge in [0.1, 0.15) is 0 Å². The van der Waals surface area contributed by atoms with Crippen molar-refractivity contribution in [1.82, 2.24) is 19.7 Å². The first kappa shape index (κ1) is 16.0. The van der Waals surface area contributed by atoms with Gasteiger partial charge in [-0.3, -0.25) is 0 Å². The zero-order valence-electron chi connectivity index (χ0n) is 14.4. The monoisotopic (exact) mass is 315 g/mol. The normalized spacial score (nSPS) is 19.3. The van der Waals surface area contributed by atoms with Crippen LogP contribution in [0.25, 0.3) is 5.82 Å². The second-order valence-corrected chi connectivity index (χ2v) is 6.85. The molecule has 0 aliphatic carbocycles. The maximum Gasteiger partial charge on any atom is 0.498 e. The van der Waals surface area contributed by atoms with Crippen LogP contribution in [0.5, 0.6) is 0 Å². The largest absolute Gasteiger partial charge is 0.498 e. The van der Waals surface area contributed by atoms with E-state index in [1.165, 1.54) is 0 Å². The average molecular weight is 315 g/mol. The minimum absolute atomic E-state index is 0.332. The van der Waals surface area contributed by atoms with E-state index in [1.807, 2.05) is 41.5 Å². The number of hydrogen-bond acceptors (Lipinski definition) is 6. The minimum atomic E-state index is -0.466. The van der Waals surface area contributed by atoms with Gasteiger partial charge in [-0.15, -0.1) is 0 Å². The van der Waals surface area contributed by atoms with Crippen LogP contribution in [0, 0.1) is 13.8 Å². The number of anilines is 1. The molecule has 3 rings (SSSR count). The smallest absolute Gasteiger partial charge is 0.399 e. The second-order valence-electron chi connectivity index (χ2n) is 6.85. The van der Waals surface area contributed by atoms with Crippen LogP contribution in [0.3, 0.4) is 0 Å². The van der Waals surface area contributed by atoms with E-state index in [2.05, 4.69) is 15.1 Å². The van der Waals surface area contributed by atoms with Crippen LogP contribution in [0.15, 0.2) is 12.4 Å². The first-order valence-electron chi connectivity index (χ1n) is 7.62. The summed E-state index contributed by atoms with van der Waals surface area (Å²) in [6.45, 7) is 12.0. The summed E-state index contributed by atoms with van der Waals surface area (Å²) in [5.41, 5.74) is 7.74. The molecular formula is C15H22BN5O2. The molecule has 0 bridgehead atoms. The molecule has 23 heavy (non-hydrogen) atoms. The molecule has 1 fully saturated rings. The van der Waals surface area contributed by atoms with Crippen molar-refractivity contribution in [2.75, 3.05) is 5.73 Å². The van der Waals surface area contributed by atoms with Gasteiger partial charge < -0.3 is 15.0 Å². The highest BCUT2D eigenvalue weighted by atomic mass is 16.7. The van der Waals surface area contributed by atoms with Crippen LogP contribution in [-0.4, -0.2) is 38.1 Å². The van der Waals surface area contributed by atoms with E-state index in [-0.39, 0.29) is 0 Å². The summed E-state index contributed by atoms with van der Waals surface area (Å²) in [7, 11) is -0.466. The first-order chi connectivity index (χ1) is 10.6. The minimum Gasteiger partial charge on any atom is -0.399 e. The molecule has 0 amide bonds. The number of nitrogen functional groups attached to an aromatic ring is 1. The molecule has 0 spiro atoms. The third-order valence-corrected chi connectivity index (χ3v) is 4.74. The molecule has 8 heteroatoms. The highest BCUT2D eigenvalue weighted by molar-refractivity contribution is 6.63. The number of nitrogens with two attached hydrogens (primary N) is 1. The van der Waals surface area contributed by atoms with Gasteiger partial charge in [0.2, 0.25) is 0 Å². The van der Waals surface area contributed by atoms with Crippen molar-refractivity contribution in [3.63, 3.8) is 0 Å². The van der Waals surface area contributed by atoms with Crippen LogP contribution >= 0.6 is 0 Å². The number of hydrogen-bond donors (Lipinski definition) is 1. The molecule has 3 heterocycles. The Morgan fingerprint density at radius 1 is 1.04 bits per heavy atom. The Morgan fingerprint density at radius 2 is 1.61 bits per heavy atom. The van der Waals surface area contributed by atoms with Crippen molar-refractivity contribution in [1.29, 1.82) is 0 Å². The number of aromatic nitrogens is 4. The topological polar surface area (TPSA) is 88.1 Å². The Kier molecular flexibility index (Phi) is 3.49. The molecule has 2 N–H and O–H groups in total. The fourth-order valence-electron chi connectivity index (χ4n) is 2.67. The van der Waals surface area contributed by atoms with Gasteiger partial charge in [-0.1, -0.05) is 0 Å². The van der Waals surface area contributed by atoms with E-state index in [1.54, 1.807) is 17.1 Å². The third kappa shape index (κ3) is 2.42. The lowest BCUT2D eigenvalue weighted by Gasteiger charge is -2.32. The molecule has 0 atom stereocenters. The van der Waals surface area contributed by atoms with Crippen molar-refractivity contribution >= 4 is 18.4 Å². The van der Waals surface area contributed by atoms with Crippen LogP contribution in [0.1, 0.15) is 39.1 Å². The van der Waals surface area contributed by atoms with Gasteiger partial charge in [0, 0.05) is 23.6 Å². The molecular weight excluding hydrogens is 293 g/mol. The van der Waals surface area contributed by atoms with Crippen molar-refractivity contribution in [3.05, 3.63) is 23.8 Å². The molecule has 1 aliphatic heterocycles. The highest BCUT2D eigenvalue weighted by Gasteiger charge is 2.53. The molecule has 1 aliphatic rings. The lowest BCUT2D eigenvalue weighted by atomic mass is 9.77. The SMILES string of the molecule is Cc1nn(-c2nccnc2N)c(C)c1B1OC(C)(C)C(C)(C)O1. The fraction of sp³-hybridized carbons (Fsp3) is 0.533. The Balaban J connectivity index is 2.05. The fourth-order valence-corrected chi connectivity index (χ4v) is 2.67. The molecule has 0 unspecified atom stereocenters. The van der Waals surface area contributed by atoms with Crippen molar-refractivity contribution in [2.24, 2.45) is 0 Å². The summed E-state index contributed by atoms with van der Waals surface area (Å²) in [5.74, 6) is 0.842. The summed E-state index contributed by atoms with van der Waals surface area (Å²) in [6, 6.07) is 0. The van der Waals surface area contributed by atoms with E-state index in [4.69, 9.17) is 15.0 Å². The van der Waals surface area contributed by atoms with E-state index >= 15 is 0 Å². The standard InChI is InChI=1S/C15H22BN5O2/c1-9-11(16-22-14(3,4)15(5,6)23-16)10(2)21(20-9)13-12(17)18-7-8-19-13/h7-8H,1-6H3,(H2,17,18). The number of aryl methyl sites for hydroxylation is 1. The van der Waals surface area contributed by atoms with Gasteiger partial charge in [-0.2, -0.15) is 5.10 Å². The molecule has 0 saturated carbocycles. The van der Waals surface area contributed by atoms with Gasteiger partial charge in [0.15, 0.2) is 11.6 Å². The lowest BCUT2D eigenvalue weighted by molar-refractivity contribution is 0.00578. The number of rotatable bonds is 2. The van der Waals surface area contributed by atoms with E-state index in [9.17, 15) is 0 Å². The van der Waals surface area contributed by atoms with Gasteiger partial charge in [-0.05, 0) is 41.5 Å². The molecule has 2 aromatic rings. The lowest BCUT2D eigenvalue weighted by Crippen LogP contribution is -2.41. The highest BCUT2D eigenvalue weighted by Crippen LogP contribution is 2.37. The predicted octanol–water partition coefficient (Wildman–Crippen LogP) is 1.16. The maximum atomic E-state index is 6.15. The number of nitrogens with zero attached hydrogens (tertiary/aromatic N) is 4. The molecule has 0 aromatic carbocycles. The summed E-state index contributed by atoms with van der Waals surface area (Å²) in [6.07, 6.45) is 3.15. The Bertz CT molecular complexity index is 740. The van der Waals surface area contributed by atoms with Crippen LogP contribution in [-0.2, 0) is 9.31 Å². The molecule has 2 aromatic heterocycles. The molecule has 1 saturated heterocycles. The van der Waals surface area contributed by atoms with Crippen LogP contribution in [0.2, 0.25) is 0 Å². The van der Waals surface area contributed by atoms with E-state index in [0.717, 1.165) is 16.9 Å². The van der Waals surface area contributed by atoms with Gasteiger partial charge >= 0.3 is 7.12 Å². The summed E-state index contributed by atoms with van der Waals surface area (Å²) >= 11 is 0. The van der Waals surface area contributed by atoms with E-state index < -0.39 is 18.3 Å². The quantitative estimate of drug-likeness (QED) is 0.837. The zero-order chi connectivity index (χ0) is 17.0. The van der Waals surface area contributed by atoms with Crippen LogP contribution in [0.4, 0.5) is 5.82 Å². The van der Waals surface area contributed by atoms with E-state index in [0.29, 0.717) is 11.6 Å². The Morgan fingerprint density at radius 3 is 2.17 bits per heavy atom. The molecule has 7 nitrogen and oxygen atoms in total. The van der Waals surface area contributed by atoms with Gasteiger partial charge in [-0.25, -0.2) is 14.6 Å². The summed E-state index contributed by atoms with van der Waals surface area (Å²) in [4.78, 5) is 8.35. The van der Waals surface area contributed by atoms with Crippen LogP contribution < -0.4 is 11.2 Å². The van der Waals surface area contributed by atoms with Gasteiger partial charge in [0.05, 0.1) is 16.9 Å². The summed E-state index contributed by atoms with van der Waals surface area (Å²) < 4.78 is 14.0. The summed E-state index contributed by atoms with van der Waals surface area (Å²) in [5, 5.41) is 4.56. The van der Waals surface area contributed by atoms with Crippen molar-refractivity contribution in [2.45, 2.75) is 52.7 Å². The Hall–Kier alpha value is -1.93. The molecule has 0 radical (unpaired) electrons. The van der Waals surface area contributed by atoms with Gasteiger partial charge in [0.25, 0.3) is 0 Å². The third-order valence-electron chi connectivity index (χ3n) is 4.74.